The minimum atomic E-state index is -0.827. The van der Waals surface area contributed by atoms with Crippen molar-refractivity contribution in [3.05, 3.63) is 65.5 Å². The SMILES string of the molecule is CC(C)(C)c1ccc(-c2nc(C=C3C(=O)NC(=O)NC3=O)c3ccccn23)cc1. The second kappa shape index (κ2) is 6.70. The van der Waals surface area contributed by atoms with Crippen LogP contribution in [-0.2, 0) is 15.0 Å². The number of urea groups is 1. The molecule has 0 bridgehead atoms. The zero-order chi connectivity index (χ0) is 20.8. The van der Waals surface area contributed by atoms with Crippen LogP contribution < -0.4 is 10.6 Å². The molecule has 29 heavy (non-hydrogen) atoms. The molecule has 4 amide bonds. The van der Waals surface area contributed by atoms with E-state index in [2.05, 4.69) is 48.5 Å². The summed E-state index contributed by atoms with van der Waals surface area (Å²) in [5.41, 5.74) is 3.22. The van der Waals surface area contributed by atoms with E-state index in [-0.39, 0.29) is 11.0 Å². The van der Waals surface area contributed by atoms with Crippen molar-refractivity contribution < 1.29 is 14.4 Å². The maximum Gasteiger partial charge on any atom is 0.328 e. The number of barbiturate groups is 1. The van der Waals surface area contributed by atoms with Crippen LogP contribution in [0.5, 0.6) is 0 Å². The van der Waals surface area contributed by atoms with Crippen molar-refractivity contribution in [2.24, 2.45) is 0 Å². The van der Waals surface area contributed by atoms with E-state index >= 15 is 0 Å². The molecule has 0 aliphatic carbocycles. The highest BCUT2D eigenvalue weighted by Gasteiger charge is 2.28. The Hall–Kier alpha value is -3.74. The normalized spacial score (nSPS) is 14.7. The topological polar surface area (TPSA) is 92.6 Å². The number of carbonyl (C=O) groups excluding carboxylic acids is 3. The van der Waals surface area contributed by atoms with E-state index in [1.165, 1.54) is 11.6 Å². The van der Waals surface area contributed by atoms with Crippen molar-refractivity contribution in [3.8, 4) is 11.4 Å². The van der Waals surface area contributed by atoms with Crippen LogP contribution in [0.4, 0.5) is 4.79 Å². The number of fused-ring (bicyclic) bond motifs is 1. The van der Waals surface area contributed by atoms with Crippen molar-refractivity contribution >= 4 is 29.4 Å². The Bertz CT molecular complexity index is 1160. The van der Waals surface area contributed by atoms with Gasteiger partial charge in [0.2, 0.25) is 0 Å². The van der Waals surface area contributed by atoms with Crippen LogP contribution >= 0.6 is 0 Å². The Balaban J connectivity index is 1.82. The van der Waals surface area contributed by atoms with Crippen molar-refractivity contribution in [1.29, 1.82) is 0 Å². The number of imide groups is 2. The third kappa shape index (κ3) is 3.42. The maximum absolute atomic E-state index is 12.1. The number of benzene rings is 1. The second-order valence-electron chi connectivity index (χ2n) is 7.90. The zero-order valence-electron chi connectivity index (χ0n) is 16.3. The summed E-state index contributed by atoms with van der Waals surface area (Å²) in [6, 6.07) is 12.9. The summed E-state index contributed by atoms with van der Waals surface area (Å²) in [6.07, 6.45) is 3.28. The molecular formula is C22H20N4O3. The smallest absolute Gasteiger partial charge is 0.299 e. The van der Waals surface area contributed by atoms with Crippen LogP contribution in [0.15, 0.2) is 54.2 Å². The van der Waals surface area contributed by atoms with Gasteiger partial charge in [0.25, 0.3) is 11.8 Å². The lowest BCUT2D eigenvalue weighted by Gasteiger charge is -2.19. The molecule has 0 saturated carbocycles. The fraction of sp³-hybridized carbons (Fsp3) is 0.182. The first kappa shape index (κ1) is 18.6. The predicted octanol–water partition coefficient (Wildman–Crippen LogP) is 3.05. The Morgan fingerprint density at radius 2 is 1.59 bits per heavy atom. The van der Waals surface area contributed by atoms with Gasteiger partial charge in [-0.3, -0.25) is 24.6 Å². The fourth-order valence-electron chi connectivity index (χ4n) is 3.23. The van der Waals surface area contributed by atoms with Crippen LogP contribution in [0.3, 0.4) is 0 Å². The quantitative estimate of drug-likeness (QED) is 0.521. The van der Waals surface area contributed by atoms with Gasteiger partial charge in [0, 0.05) is 11.8 Å². The molecular weight excluding hydrogens is 368 g/mol. The van der Waals surface area contributed by atoms with Gasteiger partial charge in [0.05, 0.1) is 11.2 Å². The van der Waals surface area contributed by atoms with E-state index in [1.54, 1.807) is 0 Å². The molecule has 0 atom stereocenters. The van der Waals surface area contributed by atoms with Crippen LogP contribution in [0.1, 0.15) is 32.0 Å². The molecule has 1 aliphatic rings. The summed E-state index contributed by atoms with van der Waals surface area (Å²) in [7, 11) is 0. The van der Waals surface area contributed by atoms with Gasteiger partial charge in [0.1, 0.15) is 11.4 Å². The molecule has 3 aromatic rings. The minimum Gasteiger partial charge on any atom is -0.299 e. The molecule has 7 heteroatoms. The average Bonchev–Trinajstić information content (AvgIpc) is 3.03. The summed E-state index contributed by atoms with van der Waals surface area (Å²) < 4.78 is 1.91. The van der Waals surface area contributed by atoms with Crippen molar-refractivity contribution in [3.63, 3.8) is 0 Å². The van der Waals surface area contributed by atoms with Gasteiger partial charge in [0.15, 0.2) is 0 Å². The molecule has 1 aliphatic heterocycles. The number of aromatic nitrogens is 2. The molecule has 0 spiro atoms. The molecule has 7 nitrogen and oxygen atoms in total. The van der Waals surface area contributed by atoms with Crippen molar-refractivity contribution in [2.75, 3.05) is 0 Å². The summed E-state index contributed by atoms with van der Waals surface area (Å²) in [5.74, 6) is -0.792. The van der Waals surface area contributed by atoms with Crippen LogP contribution in [0, 0.1) is 0 Å². The van der Waals surface area contributed by atoms with Gasteiger partial charge in [-0.1, -0.05) is 51.1 Å². The van der Waals surface area contributed by atoms with Crippen LogP contribution in [0.2, 0.25) is 0 Å². The largest absolute Gasteiger partial charge is 0.328 e. The molecule has 1 fully saturated rings. The molecule has 1 aromatic carbocycles. The maximum atomic E-state index is 12.1. The molecule has 2 aromatic heterocycles. The minimum absolute atomic E-state index is 0.0436. The second-order valence-corrected chi connectivity index (χ2v) is 7.90. The Kier molecular flexibility index (Phi) is 4.30. The highest BCUT2D eigenvalue weighted by molar-refractivity contribution is 6.31. The van der Waals surface area contributed by atoms with E-state index in [4.69, 9.17) is 0 Å². The van der Waals surface area contributed by atoms with E-state index < -0.39 is 17.8 Å². The monoisotopic (exact) mass is 388 g/mol. The number of nitrogens with one attached hydrogen (secondary N) is 2. The van der Waals surface area contributed by atoms with Crippen molar-refractivity contribution in [1.82, 2.24) is 20.0 Å². The van der Waals surface area contributed by atoms with Gasteiger partial charge in [-0.15, -0.1) is 0 Å². The van der Waals surface area contributed by atoms with Gasteiger partial charge >= 0.3 is 6.03 Å². The van der Waals surface area contributed by atoms with Gasteiger partial charge in [-0.25, -0.2) is 9.78 Å². The number of rotatable bonds is 2. The highest BCUT2D eigenvalue weighted by Crippen LogP contribution is 2.28. The average molecular weight is 388 g/mol. The van der Waals surface area contributed by atoms with E-state index in [9.17, 15) is 14.4 Å². The highest BCUT2D eigenvalue weighted by atomic mass is 16.2. The summed E-state index contributed by atoms with van der Waals surface area (Å²) in [5, 5.41) is 4.15. The van der Waals surface area contributed by atoms with Gasteiger partial charge < -0.3 is 0 Å². The predicted molar refractivity (Wildman–Crippen MR) is 109 cm³/mol. The number of carbonyl (C=O) groups is 3. The Morgan fingerprint density at radius 1 is 0.931 bits per heavy atom. The van der Waals surface area contributed by atoms with E-state index in [1.807, 2.05) is 40.9 Å². The van der Waals surface area contributed by atoms with Gasteiger partial charge in [-0.2, -0.15) is 0 Å². The number of imidazole rings is 1. The first-order chi connectivity index (χ1) is 13.7. The first-order valence-corrected chi connectivity index (χ1v) is 9.20. The van der Waals surface area contributed by atoms with Crippen LogP contribution in [-0.4, -0.2) is 27.2 Å². The van der Waals surface area contributed by atoms with Gasteiger partial charge in [-0.05, 0) is 29.2 Å². The molecule has 4 rings (SSSR count). The molecule has 1 saturated heterocycles. The first-order valence-electron chi connectivity index (χ1n) is 9.20. The Morgan fingerprint density at radius 3 is 2.21 bits per heavy atom. The number of nitrogens with zero attached hydrogens (tertiary/aromatic N) is 2. The lowest BCUT2D eigenvalue weighted by molar-refractivity contribution is -0.123. The van der Waals surface area contributed by atoms with E-state index in [0.29, 0.717) is 11.5 Å². The zero-order valence-corrected chi connectivity index (χ0v) is 16.3. The Labute approximate surface area is 167 Å². The number of amides is 4. The van der Waals surface area contributed by atoms with Crippen LogP contribution in [0.25, 0.3) is 23.0 Å². The molecule has 2 N–H and O–H groups in total. The standard InChI is InChI=1S/C22H20N4O3/c1-22(2,3)14-9-7-13(8-10-14)18-23-16(17-6-4-5-11-26(17)18)12-15-19(27)24-21(29)25-20(15)28/h4-12H,1-3H3,(H2,24,25,27,28,29). The third-order valence-electron chi connectivity index (χ3n) is 4.81. The third-order valence-corrected chi connectivity index (χ3v) is 4.81. The number of hydrogen-bond acceptors (Lipinski definition) is 4. The summed E-state index contributed by atoms with van der Waals surface area (Å²) in [4.78, 5) is 40.1. The summed E-state index contributed by atoms with van der Waals surface area (Å²) >= 11 is 0. The summed E-state index contributed by atoms with van der Waals surface area (Å²) in [6.45, 7) is 6.46. The number of hydrogen-bond donors (Lipinski definition) is 2. The molecule has 0 radical (unpaired) electrons. The number of pyridine rings is 1. The lowest BCUT2D eigenvalue weighted by Crippen LogP contribution is -2.51. The lowest BCUT2D eigenvalue weighted by atomic mass is 9.87. The molecule has 0 unspecified atom stereocenters. The molecule has 3 heterocycles. The fourth-order valence-corrected chi connectivity index (χ4v) is 3.23. The molecule has 146 valence electrons. The van der Waals surface area contributed by atoms with E-state index in [0.717, 1.165) is 11.1 Å². The van der Waals surface area contributed by atoms with Crippen molar-refractivity contribution in [2.45, 2.75) is 26.2 Å².